The highest BCUT2D eigenvalue weighted by Gasteiger charge is 2.13. The summed E-state index contributed by atoms with van der Waals surface area (Å²) in [6.07, 6.45) is 1.96. The Morgan fingerprint density at radius 1 is 1.37 bits per heavy atom. The van der Waals surface area contributed by atoms with Crippen LogP contribution >= 0.6 is 34.9 Å². The van der Waals surface area contributed by atoms with Crippen LogP contribution in [0.4, 0.5) is 0 Å². The van der Waals surface area contributed by atoms with Crippen molar-refractivity contribution in [2.24, 2.45) is 10.9 Å². The first kappa shape index (κ1) is 14.2. The summed E-state index contributed by atoms with van der Waals surface area (Å²) in [6.45, 7) is 1.98. The topological polar surface area (TPSA) is 84.4 Å². The molecule has 0 saturated carbocycles. The van der Waals surface area contributed by atoms with Crippen LogP contribution < -0.4 is 5.73 Å². The Labute approximate surface area is 123 Å². The number of aryl methyl sites for hydroxylation is 1. The maximum absolute atomic E-state index is 8.84. The molecule has 0 bridgehead atoms. The molecular weight excluding hydrogens is 300 g/mol. The van der Waals surface area contributed by atoms with E-state index in [1.165, 1.54) is 23.1 Å². The normalized spacial score (nSPS) is 11.8. The quantitative estimate of drug-likeness (QED) is 0.297. The number of rotatable bonds is 4. The third kappa shape index (κ3) is 3.20. The van der Waals surface area contributed by atoms with Crippen molar-refractivity contribution in [1.82, 2.24) is 10.2 Å². The van der Waals surface area contributed by atoms with Crippen LogP contribution in [0.15, 0.2) is 36.9 Å². The summed E-state index contributed by atoms with van der Waals surface area (Å²) in [7, 11) is 0. The van der Waals surface area contributed by atoms with Crippen molar-refractivity contribution in [2.75, 3.05) is 6.26 Å². The lowest BCUT2D eigenvalue weighted by Crippen LogP contribution is -2.14. The van der Waals surface area contributed by atoms with Gasteiger partial charge in [0.15, 0.2) is 14.5 Å². The molecule has 0 aliphatic heterocycles. The molecule has 2 rings (SSSR count). The zero-order chi connectivity index (χ0) is 13.8. The van der Waals surface area contributed by atoms with Crippen molar-refractivity contribution in [2.45, 2.75) is 20.5 Å². The van der Waals surface area contributed by atoms with E-state index in [9.17, 15) is 0 Å². The Bertz CT molecular complexity index is 612. The number of hydrogen-bond acceptors (Lipinski definition) is 7. The van der Waals surface area contributed by atoms with Gasteiger partial charge < -0.3 is 10.9 Å². The minimum Gasteiger partial charge on any atom is -0.409 e. The van der Waals surface area contributed by atoms with E-state index in [1.807, 2.05) is 31.4 Å². The monoisotopic (exact) mass is 312 g/mol. The van der Waals surface area contributed by atoms with Crippen molar-refractivity contribution in [1.29, 1.82) is 0 Å². The van der Waals surface area contributed by atoms with Gasteiger partial charge in [0.05, 0.1) is 0 Å². The third-order valence-corrected chi connectivity index (χ3v) is 5.54. The molecule has 0 aliphatic rings. The van der Waals surface area contributed by atoms with E-state index in [1.54, 1.807) is 11.8 Å². The zero-order valence-corrected chi connectivity index (χ0v) is 12.8. The largest absolute Gasteiger partial charge is 0.409 e. The maximum atomic E-state index is 8.84. The first-order valence-electron chi connectivity index (χ1n) is 5.28. The van der Waals surface area contributed by atoms with E-state index in [-0.39, 0.29) is 5.84 Å². The molecule has 0 saturated heterocycles. The summed E-state index contributed by atoms with van der Waals surface area (Å²) >= 11 is 4.57. The van der Waals surface area contributed by atoms with Crippen molar-refractivity contribution in [3.8, 4) is 0 Å². The summed E-state index contributed by atoms with van der Waals surface area (Å²) in [5.41, 5.74) is 7.45. The Morgan fingerprint density at radius 2 is 2.11 bits per heavy atom. The van der Waals surface area contributed by atoms with Crippen LogP contribution in [0.25, 0.3) is 0 Å². The third-order valence-electron chi connectivity index (χ3n) is 2.35. The van der Waals surface area contributed by atoms with E-state index in [2.05, 4.69) is 15.4 Å². The van der Waals surface area contributed by atoms with Gasteiger partial charge in [0.1, 0.15) is 0 Å². The second kappa shape index (κ2) is 6.27. The zero-order valence-electron chi connectivity index (χ0n) is 10.3. The van der Waals surface area contributed by atoms with Gasteiger partial charge in [-0.1, -0.05) is 52.1 Å². The molecule has 0 amide bonds. The fourth-order valence-corrected chi connectivity index (χ4v) is 4.04. The number of nitrogens with zero attached hydrogens (tertiary/aromatic N) is 3. The molecule has 0 radical (unpaired) electrons. The van der Waals surface area contributed by atoms with Crippen LogP contribution in [-0.4, -0.2) is 27.5 Å². The molecule has 3 N–H and O–H groups in total. The summed E-state index contributed by atoms with van der Waals surface area (Å²) in [5.74, 6) is 0.0980. The number of nitrogens with two attached hydrogens (primary N) is 1. The first-order valence-corrected chi connectivity index (χ1v) is 8.14. The molecule has 1 aromatic heterocycles. The van der Waals surface area contributed by atoms with Gasteiger partial charge in [0, 0.05) is 10.5 Å². The predicted octanol–water partition coefficient (Wildman–Crippen LogP) is 2.81. The minimum atomic E-state index is 0.0980. The van der Waals surface area contributed by atoms with Crippen molar-refractivity contribution in [3.63, 3.8) is 0 Å². The van der Waals surface area contributed by atoms with Gasteiger partial charge in [-0.05, 0) is 24.8 Å². The van der Waals surface area contributed by atoms with Crippen LogP contribution in [0, 0.1) is 6.92 Å². The second-order valence-corrected chi connectivity index (χ2v) is 6.87. The highest BCUT2D eigenvalue weighted by molar-refractivity contribution is 8.03. The number of benzene rings is 1. The standard InChI is InChI=1S/C11H12N4OS3/c1-6-4-3-5-7(9(12)15-16)8(6)18-11-14-13-10(17-2)19-11/h3-5,16H,1-2H3,(H2,12,15). The number of oxime groups is 1. The molecule has 0 spiro atoms. The van der Waals surface area contributed by atoms with Crippen LogP contribution in [0.5, 0.6) is 0 Å². The number of thioether (sulfide) groups is 1. The van der Waals surface area contributed by atoms with E-state index < -0.39 is 0 Å². The summed E-state index contributed by atoms with van der Waals surface area (Å²) in [4.78, 5) is 0.932. The number of amidine groups is 1. The predicted molar refractivity (Wildman–Crippen MR) is 79.5 cm³/mol. The molecule has 2 aromatic rings. The number of hydrogen-bond donors (Lipinski definition) is 2. The highest BCUT2D eigenvalue weighted by Crippen LogP contribution is 2.36. The molecule has 100 valence electrons. The number of aromatic nitrogens is 2. The van der Waals surface area contributed by atoms with Gasteiger partial charge in [-0.15, -0.1) is 10.2 Å². The molecule has 8 heteroatoms. The molecule has 0 unspecified atom stereocenters. The fraction of sp³-hybridized carbons (Fsp3) is 0.182. The molecule has 0 atom stereocenters. The smallest absolute Gasteiger partial charge is 0.179 e. The van der Waals surface area contributed by atoms with Gasteiger partial charge in [-0.2, -0.15) is 0 Å². The van der Waals surface area contributed by atoms with E-state index in [4.69, 9.17) is 10.9 Å². The summed E-state index contributed by atoms with van der Waals surface area (Å²) in [6, 6.07) is 5.67. The SMILES string of the molecule is CSc1nnc(Sc2c(C)cccc2/C(N)=N/O)s1. The average Bonchev–Trinajstić information content (AvgIpc) is 2.88. The van der Waals surface area contributed by atoms with E-state index >= 15 is 0 Å². The Balaban J connectivity index is 2.38. The van der Waals surface area contributed by atoms with Gasteiger partial charge in [-0.3, -0.25) is 0 Å². The molecule has 1 aromatic carbocycles. The lowest BCUT2D eigenvalue weighted by molar-refractivity contribution is 0.318. The van der Waals surface area contributed by atoms with Crippen LogP contribution in [0.1, 0.15) is 11.1 Å². The van der Waals surface area contributed by atoms with Gasteiger partial charge in [-0.25, -0.2) is 0 Å². The molecular formula is C11H12N4OS3. The molecule has 19 heavy (non-hydrogen) atoms. The fourth-order valence-electron chi connectivity index (χ4n) is 1.45. The van der Waals surface area contributed by atoms with Gasteiger partial charge in [0.25, 0.3) is 0 Å². The lowest BCUT2D eigenvalue weighted by atomic mass is 10.1. The average molecular weight is 312 g/mol. The first-order chi connectivity index (χ1) is 9.15. The molecule has 0 aliphatic carbocycles. The second-order valence-electron chi connectivity index (χ2n) is 3.58. The van der Waals surface area contributed by atoms with Gasteiger partial charge in [0.2, 0.25) is 0 Å². The van der Waals surface area contributed by atoms with Crippen molar-refractivity contribution in [3.05, 3.63) is 29.3 Å². The molecule has 0 fully saturated rings. The molecule has 1 heterocycles. The van der Waals surface area contributed by atoms with Crippen LogP contribution in [-0.2, 0) is 0 Å². The maximum Gasteiger partial charge on any atom is 0.179 e. The molecule has 5 nitrogen and oxygen atoms in total. The Morgan fingerprint density at radius 3 is 2.74 bits per heavy atom. The van der Waals surface area contributed by atoms with Crippen LogP contribution in [0.2, 0.25) is 0 Å². The highest BCUT2D eigenvalue weighted by atomic mass is 32.2. The Kier molecular flexibility index (Phi) is 4.67. The van der Waals surface area contributed by atoms with E-state index in [0.717, 1.165) is 19.1 Å². The summed E-state index contributed by atoms with van der Waals surface area (Å²) in [5, 5.41) is 20.1. The van der Waals surface area contributed by atoms with E-state index in [0.29, 0.717) is 5.56 Å². The minimum absolute atomic E-state index is 0.0980. The van der Waals surface area contributed by atoms with Crippen LogP contribution in [0.3, 0.4) is 0 Å². The van der Waals surface area contributed by atoms with Gasteiger partial charge >= 0.3 is 0 Å². The van der Waals surface area contributed by atoms with Crippen molar-refractivity contribution >= 4 is 40.7 Å². The summed E-state index contributed by atoms with van der Waals surface area (Å²) < 4.78 is 1.76. The van der Waals surface area contributed by atoms with Crippen molar-refractivity contribution < 1.29 is 5.21 Å². The lowest BCUT2D eigenvalue weighted by Gasteiger charge is -2.08. The Hall–Kier alpha value is -1.25.